The second-order valence-corrected chi connectivity index (χ2v) is 9.72. The van der Waals surface area contributed by atoms with Crippen molar-refractivity contribution < 1.29 is 21.6 Å². The first-order chi connectivity index (χ1) is 12.8. The average molecular weight is 404 g/mol. The molecule has 0 amide bonds. The molecule has 2 aromatic carbocycles. The largest absolute Gasteiger partial charge is 0.457 e. The van der Waals surface area contributed by atoms with E-state index in [4.69, 9.17) is 15.3 Å². The Labute approximate surface area is 158 Å². The second kappa shape index (κ2) is 8.67. The van der Waals surface area contributed by atoms with Crippen LogP contribution in [-0.4, -0.2) is 28.3 Å². The van der Waals surface area contributed by atoms with E-state index in [1.807, 2.05) is 0 Å². The molecule has 0 heterocycles. The van der Waals surface area contributed by atoms with Crippen molar-refractivity contribution in [3.05, 3.63) is 48.5 Å². The van der Waals surface area contributed by atoms with Crippen LogP contribution in [0.5, 0.6) is 11.5 Å². The standard InChI is InChI=1S/C18H16N2O5S2/c19-11-1-13-26(21,22)17-7-3-15(4-8-17)25-16-5-9-18(10-6-16)27(23,24)14-2-12-20/h3-10H,1-2,13-14H2. The van der Waals surface area contributed by atoms with Gasteiger partial charge >= 0.3 is 0 Å². The van der Waals surface area contributed by atoms with Crippen molar-refractivity contribution in [3.63, 3.8) is 0 Å². The number of hydrogen-bond acceptors (Lipinski definition) is 7. The van der Waals surface area contributed by atoms with Crippen molar-refractivity contribution in [1.82, 2.24) is 0 Å². The molecule has 0 spiro atoms. The van der Waals surface area contributed by atoms with Gasteiger partial charge in [0.2, 0.25) is 0 Å². The summed E-state index contributed by atoms with van der Waals surface area (Å²) in [5.74, 6) is 0.278. The van der Waals surface area contributed by atoms with Crippen LogP contribution in [0.3, 0.4) is 0 Å². The fourth-order valence-electron chi connectivity index (χ4n) is 2.16. The highest BCUT2D eigenvalue weighted by Gasteiger charge is 2.15. The maximum Gasteiger partial charge on any atom is 0.179 e. The third-order valence-corrected chi connectivity index (χ3v) is 7.03. The van der Waals surface area contributed by atoms with E-state index in [1.54, 1.807) is 12.1 Å². The van der Waals surface area contributed by atoms with Gasteiger partial charge in [-0.2, -0.15) is 10.5 Å². The summed E-state index contributed by atoms with van der Waals surface area (Å²) in [6.07, 6.45) is -0.158. The molecule has 0 aromatic heterocycles. The molecule has 0 aliphatic heterocycles. The molecular formula is C18H16N2O5S2. The molecule has 0 unspecified atom stereocenters. The Hall–Kier alpha value is -2.88. The van der Waals surface area contributed by atoms with Crippen LogP contribution in [0.1, 0.15) is 12.8 Å². The molecule has 0 atom stereocenters. The summed E-state index contributed by atoms with van der Waals surface area (Å²) in [5.41, 5.74) is 0. The normalized spacial score (nSPS) is 11.3. The van der Waals surface area contributed by atoms with E-state index >= 15 is 0 Å². The minimum atomic E-state index is -3.51. The van der Waals surface area contributed by atoms with Crippen LogP contribution >= 0.6 is 0 Å². The van der Waals surface area contributed by atoms with Crippen LogP contribution < -0.4 is 4.74 Å². The summed E-state index contributed by atoms with van der Waals surface area (Å²) >= 11 is 0. The number of rotatable bonds is 8. The number of nitriles is 2. The van der Waals surface area contributed by atoms with Crippen LogP contribution in [0.25, 0.3) is 0 Å². The minimum Gasteiger partial charge on any atom is -0.457 e. The lowest BCUT2D eigenvalue weighted by molar-refractivity contribution is 0.481. The fraction of sp³-hybridized carbons (Fsp3) is 0.222. The van der Waals surface area contributed by atoms with Gasteiger partial charge in [-0.05, 0) is 48.5 Å². The van der Waals surface area contributed by atoms with Gasteiger partial charge < -0.3 is 4.74 Å². The summed E-state index contributed by atoms with van der Waals surface area (Å²) in [6, 6.07) is 15.1. The van der Waals surface area contributed by atoms with Gasteiger partial charge in [0, 0.05) is 12.8 Å². The van der Waals surface area contributed by atoms with Gasteiger partial charge in [0.25, 0.3) is 0 Å². The summed E-state index contributed by atoms with van der Waals surface area (Å²) in [4.78, 5) is 0.202. The molecule has 27 heavy (non-hydrogen) atoms. The minimum absolute atomic E-state index is 0.0792. The Morgan fingerprint density at radius 1 is 0.667 bits per heavy atom. The van der Waals surface area contributed by atoms with Gasteiger partial charge in [-0.1, -0.05) is 0 Å². The van der Waals surface area contributed by atoms with E-state index in [0.29, 0.717) is 11.5 Å². The molecule has 0 fully saturated rings. The molecule has 0 saturated heterocycles. The lowest BCUT2D eigenvalue weighted by Gasteiger charge is -2.08. The highest BCUT2D eigenvalue weighted by molar-refractivity contribution is 7.91. The van der Waals surface area contributed by atoms with Gasteiger partial charge in [-0.25, -0.2) is 16.8 Å². The first-order valence-corrected chi connectivity index (χ1v) is 11.2. The zero-order valence-electron chi connectivity index (χ0n) is 14.2. The molecule has 0 N–H and O–H groups in total. The van der Waals surface area contributed by atoms with E-state index in [-0.39, 0.29) is 34.1 Å². The Kier molecular flexibility index (Phi) is 6.56. The molecule has 0 aliphatic carbocycles. The van der Waals surface area contributed by atoms with Crippen molar-refractivity contribution in [2.24, 2.45) is 0 Å². The van der Waals surface area contributed by atoms with Crippen LogP contribution in [0.4, 0.5) is 0 Å². The Morgan fingerprint density at radius 3 is 1.30 bits per heavy atom. The molecule has 2 rings (SSSR count). The average Bonchev–Trinajstić information content (AvgIpc) is 2.66. The molecule has 140 valence electrons. The monoisotopic (exact) mass is 404 g/mol. The second-order valence-electron chi connectivity index (χ2n) is 5.50. The van der Waals surface area contributed by atoms with E-state index in [9.17, 15) is 16.8 Å². The highest BCUT2D eigenvalue weighted by Crippen LogP contribution is 2.25. The molecular weight excluding hydrogens is 388 g/mol. The fourth-order valence-corrected chi connectivity index (χ4v) is 4.45. The molecule has 0 saturated carbocycles. The first kappa shape index (κ1) is 20.4. The van der Waals surface area contributed by atoms with Crippen LogP contribution in [0, 0.1) is 22.7 Å². The van der Waals surface area contributed by atoms with E-state index in [2.05, 4.69) is 0 Å². The van der Waals surface area contributed by atoms with E-state index < -0.39 is 19.7 Å². The lowest BCUT2D eigenvalue weighted by Crippen LogP contribution is -2.06. The first-order valence-electron chi connectivity index (χ1n) is 7.86. The smallest absolute Gasteiger partial charge is 0.179 e. The third-order valence-electron chi connectivity index (χ3n) is 3.57. The highest BCUT2D eigenvalue weighted by atomic mass is 32.2. The summed E-state index contributed by atoms with van der Waals surface area (Å²) in [6.45, 7) is 0. The Morgan fingerprint density at radius 2 is 1.00 bits per heavy atom. The lowest BCUT2D eigenvalue weighted by atomic mass is 10.3. The van der Waals surface area contributed by atoms with Gasteiger partial charge in [0.05, 0.1) is 33.4 Å². The van der Waals surface area contributed by atoms with Crippen molar-refractivity contribution in [1.29, 1.82) is 10.5 Å². The predicted octanol–water partition coefficient (Wildman–Crippen LogP) is 2.85. The van der Waals surface area contributed by atoms with Crippen LogP contribution in [0.15, 0.2) is 58.3 Å². The van der Waals surface area contributed by atoms with Gasteiger partial charge in [0.1, 0.15) is 11.5 Å². The molecule has 2 aromatic rings. The van der Waals surface area contributed by atoms with Gasteiger partial charge in [-0.15, -0.1) is 0 Å². The number of nitrogens with zero attached hydrogens (tertiary/aromatic N) is 2. The molecule has 0 aliphatic rings. The molecule has 0 bridgehead atoms. The van der Waals surface area contributed by atoms with E-state index in [1.165, 1.54) is 48.5 Å². The van der Waals surface area contributed by atoms with Crippen molar-refractivity contribution in [2.45, 2.75) is 22.6 Å². The summed E-state index contributed by atoms with van der Waals surface area (Å²) < 4.78 is 53.6. The zero-order valence-corrected chi connectivity index (χ0v) is 15.8. The number of hydrogen-bond donors (Lipinski definition) is 0. The van der Waals surface area contributed by atoms with Crippen LogP contribution in [-0.2, 0) is 19.7 Å². The summed E-state index contributed by atoms with van der Waals surface area (Å²) in [7, 11) is -7.02. The zero-order chi connectivity index (χ0) is 19.9. The summed E-state index contributed by atoms with van der Waals surface area (Å²) in [5, 5.41) is 17.0. The number of benzene rings is 2. The van der Waals surface area contributed by atoms with Crippen LogP contribution in [0.2, 0.25) is 0 Å². The maximum absolute atomic E-state index is 12.0. The van der Waals surface area contributed by atoms with E-state index in [0.717, 1.165) is 0 Å². The van der Waals surface area contributed by atoms with Crippen molar-refractivity contribution in [2.75, 3.05) is 11.5 Å². The molecule has 9 heteroatoms. The van der Waals surface area contributed by atoms with Crippen molar-refractivity contribution >= 4 is 19.7 Å². The predicted molar refractivity (Wildman–Crippen MR) is 97.5 cm³/mol. The Balaban J connectivity index is 2.10. The van der Waals surface area contributed by atoms with Gasteiger partial charge in [0.15, 0.2) is 19.7 Å². The molecule has 7 nitrogen and oxygen atoms in total. The molecule has 0 radical (unpaired) electrons. The quantitative estimate of drug-likeness (QED) is 0.662. The SMILES string of the molecule is N#CCCS(=O)(=O)c1ccc(Oc2ccc(S(=O)(=O)CCC#N)cc2)cc1. The number of ether oxygens (including phenoxy) is 1. The van der Waals surface area contributed by atoms with Gasteiger partial charge in [-0.3, -0.25) is 0 Å². The third kappa shape index (κ3) is 5.55. The topological polar surface area (TPSA) is 125 Å². The van der Waals surface area contributed by atoms with Crippen molar-refractivity contribution in [3.8, 4) is 23.6 Å². The Bertz CT molecular complexity index is 987. The number of sulfone groups is 2. The maximum atomic E-state index is 12.0.